The molecule has 2 fully saturated rings. The lowest BCUT2D eigenvalue weighted by molar-refractivity contribution is -0.143. The molecule has 0 unspecified atom stereocenters. The number of nitrogens with two attached hydrogens (primary N) is 2. The van der Waals surface area contributed by atoms with Crippen molar-refractivity contribution in [3.8, 4) is 35.2 Å². The Balaban J connectivity index is 1.09. The van der Waals surface area contributed by atoms with E-state index in [4.69, 9.17) is 30.4 Å². The van der Waals surface area contributed by atoms with E-state index in [1.54, 1.807) is 75.6 Å². The molecular weight excluding hydrogens is 1120 g/mol. The number of rotatable bonds is 32. The maximum Gasteiger partial charge on any atom is 0.248 e. The van der Waals surface area contributed by atoms with Crippen LogP contribution in [0.25, 0.3) is 0 Å². The summed E-state index contributed by atoms with van der Waals surface area (Å²) < 4.78 is 22.9. The number of carbonyl (C=O) groups is 6. The Hall–Kier alpha value is -7.82. The van der Waals surface area contributed by atoms with E-state index in [1.807, 2.05) is 109 Å². The molecule has 2 aliphatic heterocycles. The van der Waals surface area contributed by atoms with Gasteiger partial charge in [-0.1, -0.05) is 96.8 Å². The lowest BCUT2D eigenvalue weighted by Crippen LogP contribution is -2.59. The molecule has 4 aromatic carbocycles. The highest BCUT2D eigenvalue weighted by Crippen LogP contribution is 2.25. The van der Waals surface area contributed by atoms with Gasteiger partial charge in [-0.25, -0.2) is 0 Å². The molecule has 6 amide bonds. The maximum absolute atomic E-state index is 14.7. The van der Waals surface area contributed by atoms with E-state index in [9.17, 15) is 28.8 Å². The molecule has 88 heavy (non-hydrogen) atoms. The molecule has 0 aliphatic carbocycles. The Morgan fingerprint density at radius 3 is 1.25 bits per heavy atom. The van der Waals surface area contributed by atoms with Gasteiger partial charge in [0.1, 0.15) is 36.8 Å². The topological polar surface area (TPSA) is 252 Å². The number of likely N-dealkylation sites (tertiary alicyclic amines) is 2. The van der Waals surface area contributed by atoms with Crippen LogP contribution in [0.5, 0.6) is 11.5 Å². The van der Waals surface area contributed by atoms with Gasteiger partial charge in [-0.3, -0.25) is 28.8 Å². The molecule has 0 radical (unpaired) electrons. The summed E-state index contributed by atoms with van der Waals surface area (Å²) in [5.41, 5.74) is 17.2. The highest BCUT2D eigenvalue weighted by Gasteiger charge is 2.41. The summed E-state index contributed by atoms with van der Waals surface area (Å²) in [6, 6.07) is 29.0. The monoisotopic (exact) mass is 1210 g/mol. The van der Waals surface area contributed by atoms with Crippen LogP contribution in [0.4, 0.5) is 0 Å². The van der Waals surface area contributed by atoms with Crippen LogP contribution in [0.1, 0.15) is 75.6 Å². The Kier molecular flexibility index (Phi) is 28.2. The van der Waals surface area contributed by atoms with E-state index in [-0.39, 0.29) is 62.0 Å². The first-order valence-corrected chi connectivity index (χ1v) is 30.6. The largest absolute Gasteiger partial charge is 0.497 e. The molecule has 20 heteroatoms. The normalized spacial score (nSPS) is 17.2. The Morgan fingerprint density at radius 2 is 0.909 bits per heavy atom. The fourth-order valence-electron chi connectivity index (χ4n) is 10.9. The van der Waals surface area contributed by atoms with Crippen molar-refractivity contribution in [1.82, 2.24) is 40.9 Å². The second-order valence-electron chi connectivity index (χ2n) is 22.6. The number of nitrogens with one attached hydrogen (secondary N) is 4. The number of hydrogen-bond acceptors (Lipinski definition) is 14. The molecule has 2 heterocycles. The number of hydrogen-bond donors (Lipinski definition) is 6. The van der Waals surface area contributed by atoms with Crippen LogP contribution in [0.3, 0.4) is 0 Å². The number of likely N-dealkylation sites (N-methyl/N-ethyl adjacent to an activating group) is 2. The van der Waals surface area contributed by atoms with Gasteiger partial charge < -0.3 is 71.3 Å². The number of ether oxygens (including phenoxy) is 4. The van der Waals surface area contributed by atoms with Crippen molar-refractivity contribution in [1.29, 1.82) is 0 Å². The first-order valence-electron chi connectivity index (χ1n) is 30.6. The van der Waals surface area contributed by atoms with Crippen molar-refractivity contribution in [2.24, 2.45) is 11.5 Å². The summed E-state index contributed by atoms with van der Waals surface area (Å²) in [6.07, 6.45) is 2.86. The third kappa shape index (κ3) is 20.9. The van der Waals surface area contributed by atoms with Crippen molar-refractivity contribution in [2.45, 2.75) is 140 Å². The number of amides is 6. The van der Waals surface area contributed by atoms with Crippen molar-refractivity contribution >= 4 is 35.4 Å². The highest BCUT2D eigenvalue weighted by molar-refractivity contribution is 5.91. The minimum Gasteiger partial charge on any atom is -0.497 e. The fraction of sp³-hybridized carbons (Fsp3) is 0.500. The average molecular weight is 1210 g/mol. The van der Waals surface area contributed by atoms with E-state index in [0.29, 0.717) is 89.0 Å². The predicted octanol–water partition coefficient (Wildman–Crippen LogP) is 3.27. The van der Waals surface area contributed by atoms with Crippen LogP contribution in [-0.2, 0) is 63.9 Å². The molecule has 474 valence electrons. The lowest BCUT2D eigenvalue weighted by Gasteiger charge is -2.35. The summed E-state index contributed by atoms with van der Waals surface area (Å²) in [5, 5.41) is 11.7. The van der Waals surface area contributed by atoms with E-state index in [0.717, 1.165) is 22.3 Å². The number of benzene rings is 4. The highest BCUT2D eigenvalue weighted by atomic mass is 16.5. The van der Waals surface area contributed by atoms with Gasteiger partial charge >= 0.3 is 0 Å². The van der Waals surface area contributed by atoms with Crippen LogP contribution in [0.2, 0.25) is 0 Å². The smallest absolute Gasteiger partial charge is 0.248 e. The lowest BCUT2D eigenvalue weighted by atomic mass is 10.0. The fourth-order valence-corrected chi connectivity index (χ4v) is 10.9. The van der Waals surface area contributed by atoms with E-state index >= 15 is 0 Å². The molecule has 6 rings (SSSR count). The van der Waals surface area contributed by atoms with Crippen LogP contribution >= 0.6 is 0 Å². The van der Waals surface area contributed by atoms with Gasteiger partial charge in [0.2, 0.25) is 35.4 Å². The molecule has 4 aromatic rings. The zero-order valence-electron chi connectivity index (χ0n) is 52.5. The number of methoxy groups -OCH3 is 2. The number of nitrogens with zero attached hydrogens (tertiary/aromatic N) is 4. The summed E-state index contributed by atoms with van der Waals surface area (Å²) in [5.74, 6) is 10.8. The molecule has 0 aromatic heterocycles. The van der Waals surface area contributed by atoms with Crippen molar-refractivity contribution < 1.29 is 47.7 Å². The number of carbonyl (C=O) groups excluding carboxylic acids is 6. The first-order chi connectivity index (χ1) is 42.4. The Morgan fingerprint density at radius 1 is 0.545 bits per heavy atom. The summed E-state index contributed by atoms with van der Waals surface area (Å²) >= 11 is 0. The van der Waals surface area contributed by atoms with Crippen molar-refractivity contribution in [3.05, 3.63) is 131 Å². The van der Waals surface area contributed by atoms with Crippen LogP contribution in [0, 0.1) is 23.7 Å². The average Bonchev–Trinajstić information content (AvgIpc) is 4.15. The standard InChI is InChI=1S/C68H92N10O10/c1-47(71-5)63(79)73-61(67(83)77-37-19-25-55(77)45-75(39-35-51-21-13-11-14-22-51)65(81)59(69)43-53-27-31-57(85-7)32-28-53)49(3)87-41-17-9-10-18-42-88-50(4)62(74-64(80)48(2)72-6)68(84)78-38-20-26-56(78)46-76(40-36-52-23-15-12-16-24-52)66(82)60(70)44-54-29-33-58(86-8)34-30-54/h11-16,21-24,27-34,47-50,55-56,59-62,71-72H,19-20,25-26,35-46,69-70H2,1-8H3,(H,73,79)(H,74,80)/t47-,48+,49-,50-,55+,56+,59-,60-,61+,62+/m1/s1. The zero-order valence-corrected chi connectivity index (χ0v) is 52.5. The van der Waals surface area contributed by atoms with Gasteiger partial charge in [0.15, 0.2) is 0 Å². The summed E-state index contributed by atoms with van der Waals surface area (Å²) in [7, 11) is 6.51. The molecule has 8 N–H and O–H groups in total. The SMILES string of the molecule is CN[C@@H](C)C(=O)N[C@H](C(=O)N1CCC[C@H]1CN(CCc1ccccc1)C(=O)[C@H](N)Cc1ccc(OC)cc1)[C@@H](C)OCC#CC#CCO[C@H](C)[C@H](NC(=O)[C@@H](C)NC)C(=O)N1CCC[C@H]1CN(CCc1ccccc1)C(=O)[C@H](N)Cc1ccc(OC)cc1. The van der Waals surface area contributed by atoms with Crippen LogP contribution in [0.15, 0.2) is 109 Å². The minimum absolute atomic E-state index is 0.126. The second-order valence-corrected chi connectivity index (χ2v) is 22.6. The zero-order chi connectivity index (χ0) is 63.5. The first kappa shape index (κ1) is 69.3. The molecule has 0 spiro atoms. The van der Waals surface area contributed by atoms with Gasteiger partial charge in [-0.15, -0.1) is 0 Å². The van der Waals surface area contributed by atoms with Crippen LogP contribution in [-0.4, -0.2) is 196 Å². The third-order valence-electron chi connectivity index (χ3n) is 16.5. The molecule has 0 bridgehead atoms. The van der Waals surface area contributed by atoms with E-state index in [1.165, 1.54) is 0 Å². The third-order valence-corrected chi connectivity index (χ3v) is 16.5. The maximum atomic E-state index is 14.7. The quantitative estimate of drug-likeness (QED) is 0.0384. The van der Waals surface area contributed by atoms with Crippen molar-refractivity contribution in [2.75, 3.05) is 80.8 Å². The predicted molar refractivity (Wildman–Crippen MR) is 340 cm³/mol. The Labute approximate surface area is 520 Å². The Bertz CT molecular complexity index is 2790. The van der Waals surface area contributed by atoms with Gasteiger partial charge in [-0.2, -0.15) is 0 Å². The molecule has 10 atom stereocenters. The summed E-state index contributed by atoms with van der Waals surface area (Å²) in [6.45, 7) is 8.68. The molecule has 2 saturated heterocycles. The van der Waals surface area contributed by atoms with Gasteiger partial charge in [0.05, 0.1) is 50.6 Å². The van der Waals surface area contributed by atoms with E-state index < -0.39 is 60.3 Å². The van der Waals surface area contributed by atoms with Gasteiger partial charge in [0.25, 0.3) is 0 Å². The molecule has 0 saturated carbocycles. The van der Waals surface area contributed by atoms with Gasteiger partial charge in [-0.05, 0) is 152 Å². The molecule has 2 aliphatic rings. The summed E-state index contributed by atoms with van der Waals surface area (Å²) in [4.78, 5) is 91.8. The second kappa shape index (κ2) is 35.9. The minimum atomic E-state index is -1.09. The van der Waals surface area contributed by atoms with Gasteiger partial charge in [0, 0.05) is 51.4 Å². The molecular formula is C68H92N10O10. The van der Waals surface area contributed by atoms with Crippen LogP contribution < -0.4 is 42.2 Å². The van der Waals surface area contributed by atoms with E-state index in [2.05, 4.69) is 44.9 Å². The van der Waals surface area contributed by atoms with Crippen molar-refractivity contribution in [3.63, 3.8) is 0 Å². The molecule has 20 nitrogen and oxygen atoms in total.